The van der Waals surface area contributed by atoms with E-state index in [0.29, 0.717) is 12.8 Å². The lowest BCUT2D eigenvalue weighted by Gasteiger charge is -2.19. The number of anilines is 1. The van der Waals surface area contributed by atoms with E-state index in [2.05, 4.69) is 12.1 Å². The van der Waals surface area contributed by atoms with Gasteiger partial charge in [0, 0.05) is 25.1 Å². The highest BCUT2D eigenvalue weighted by Gasteiger charge is 2.23. The Morgan fingerprint density at radius 1 is 1.35 bits per heavy atom. The van der Waals surface area contributed by atoms with E-state index in [-0.39, 0.29) is 5.91 Å². The zero-order valence-corrected chi connectivity index (χ0v) is 9.85. The van der Waals surface area contributed by atoms with Crippen molar-refractivity contribution in [1.29, 1.82) is 5.26 Å². The number of benzene rings is 1. The Balaban J connectivity index is 2.15. The van der Waals surface area contributed by atoms with Crippen molar-refractivity contribution in [2.24, 2.45) is 0 Å². The number of nitriles is 1. The molecule has 1 saturated heterocycles. The smallest absolute Gasteiger partial charge is 0.227 e. The van der Waals surface area contributed by atoms with E-state index in [1.54, 1.807) is 0 Å². The van der Waals surface area contributed by atoms with E-state index in [4.69, 9.17) is 5.26 Å². The summed E-state index contributed by atoms with van der Waals surface area (Å²) in [5.74, 6) is 0.220. The van der Waals surface area contributed by atoms with Crippen molar-refractivity contribution in [3.05, 3.63) is 29.8 Å². The van der Waals surface area contributed by atoms with Gasteiger partial charge in [0.15, 0.2) is 0 Å². The molecule has 1 aliphatic rings. The lowest BCUT2D eigenvalue weighted by Crippen LogP contribution is -2.24. The summed E-state index contributed by atoms with van der Waals surface area (Å²) < 4.78 is 0. The lowest BCUT2D eigenvalue weighted by molar-refractivity contribution is -0.117. The molecule has 88 valence electrons. The van der Waals surface area contributed by atoms with Gasteiger partial charge in [-0.25, -0.2) is 0 Å². The fourth-order valence-corrected chi connectivity index (χ4v) is 2.25. The van der Waals surface area contributed by atoms with Crippen LogP contribution in [0.25, 0.3) is 0 Å². The number of carbonyl (C=O) groups excluding carboxylic acids is 1. The summed E-state index contributed by atoms with van der Waals surface area (Å²) >= 11 is 0. The Morgan fingerprint density at radius 2 is 2.18 bits per heavy atom. The molecule has 1 aliphatic heterocycles. The van der Waals surface area contributed by atoms with Gasteiger partial charge in [-0.3, -0.25) is 4.79 Å². The van der Waals surface area contributed by atoms with Crippen molar-refractivity contribution in [3.63, 3.8) is 0 Å². The minimum Gasteiger partial charge on any atom is -0.312 e. The molecule has 0 saturated carbocycles. The molecule has 3 nitrogen and oxygen atoms in total. The molecule has 0 aliphatic carbocycles. The number of nitrogens with zero attached hydrogens (tertiary/aromatic N) is 2. The standard InChI is InChI=1S/C14H16N2O/c15-10-4-3-7-12-6-1-2-8-13(12)16-11-5-9-14(16)17/h1-2,6,8H,3-5,7,9,11H2. The summed E-state index contributed by atoms with van der Waals surface area (Å²) in [6.07, 6.45) is 3.91. The van der Waals surface area contributed by atoms with Crippen molar-refractivity contribution >= 4 is 11.6 Å². The number of aryl methyl sites for hydroxylation is 1. The highest BCUT2D eigenvalue weighted by molar-refractivity contribution is 5.96. The largest absolute Gasteiger partial charge is 0.312 e. The third-order valence-electron chi connectivity index (χ3n) is 3.09. The van der Waals surface area contributed by atoms with Gasteiger partial charge in [-0.2, -0.15) is 5.26 Å². The van der Waals surface area contributed by atoms with Crippen LogP contribution < -0.4 is 4.90 Å². The van der Waals surface area contributed by atoms with Gasteiger partial charge < -0.3 is 4.90 Å². The molecule has 0 unspecified atom stereocenters. The van der Waals surface area contributed by atoms with E-state index in [1.807, 2.05) is 23.1 Å². The van der Waals surface area contributed by atoms with E-state index >= 15 is 0 Å². The monoisotopic (exact) mass is 228 g/mol. The second kappa shape index (κ2) is 5.49. The van der Waals surface area contributed by atoms with Gasteiger partial charge in [0.1, 0.15) is 0 Å². The number of carbonyl (C=O) groups is 1. The van der Waals surface area contributed by atoms with Crippen LogP contribution >= 0.6 is 0 Å². The third-order valence-corrected chi connectivity index (χ3v) is 3.09. The van der Waals surface area contributed by atoms with Crippen LogP contribution in [0.2, 0.25) is 0 Å². The van der Waals surface area contributed by atoms with Gasteiger partial charge in [0.05, 0.1) is 6.07 Å². The van der Waals surface area contributed by atoms with Crippen LogP contribution in [0.4, 0.5) is 5.69 Å². The Kier molecular flexibility index (Phi) is 3.77. The summed E-state index contributed by atoms with van der Waals surface area (Å²) in [5.41, 5.74) is 2.21. The average molecular weight is 228 g/mol. The lowest BCUT2D eigenvalue weighted by atomic mass is 10.1. The number of hydrogen-bond donors (Lipinski definition) is 0. The number of unbranched alkanes of at least 4 members (excludes halogenated alkanes) is 1. The maximum atomic E-state index is 11.7. The molecule has 1 aromatic rings. The molecule has 0 N–H and O–H groups in total. The molecule has 0 atom stereocenters. The van der Waals surface area contributed by atoms with Crippen LogP contribution in [0.5, 0.6) is 0 Å². The van der Waals surface area contributed by atoms with E-state index < -0.39 is 0 Å². The maximum absolute atomic E-state index is 11.7. The molecule has 3 heteroatoms. The van der Waals surface area contributed by atoms with Gasteiger partial charge in [-0.15, -0.1) is 0 Å². The Morgan fingerprint density at radius 3 is 2.88 bits per heavy atom. The van der Waals surface area contributed by atoms with Crippen LogP contribution in [0.1, 0.15) is 31.2 Å². The summed E-state index contributed by atoms with van der Waals surface area (Å²) in [5, 5.41) is 8.55. The molecule has 17 heavy (non-hydrogen) atoms. The van der Waals surface area contributed by atoms with Gasteiger partial charge in [0.2, 0.25) is 5.91 Å². The Hall–Kier alpha value is -1.82. The highest BCUT2D eigenvalue weighted by atomic mass is 16.2. The first-order valence-electron chi connectivity index (χ1n) is 6.08. The zero-order valence-electron chi connectivity index (χ0n) is 9.85. The number of rotatable bonds is 4. The summed E-state index contributed by atoms with van der Waals surface area (Å²) in [7, 11) is 0. The molecular weight excluding hydrogens is 212 g/mol. The van der Waals surface area contributed by atoms with Crippen LogP contribution in [0.15, 0.2) is 24.3 Å². The molecule has 1 aromatic carbocycles. The molecule has 0 aromatic heterocycles. The van der Waals surface area contributed by atoms with Gasteiger partial charge >= 0.3 is 0 Å². The third kappa shape index (κ3) is 2.65. The number of amides is 1. The Labute approximate surface area is 102 Å². The van der Waals surface area contributed by atoms with Crippen molar-refractivity contribution in [1.82, 2.24) is 0 Å². The molecular formula is C14H16N2O. The van der Waals surface area contributed by atoms with Crippen LogP contribution in [0, 0.1) is 11.3 Å². The molecule has 1 heterocycles. The predicted octanol–water partition coefficient (Wildman–Crippen LogP) is 2.66. The van der Waals surface area contributed by atoms with E-state index in [0.717, 1.165) is 31.5 Å². The first kappa shape index (κ1) is 11.7. The van der Waals surface area contributed by atoms with Crippen LogP contribution in [-0.4, -0.2) is 12.5 Å². The Bertz CT molecular complexity index is 448. The van der Waals surface area contributed by atoms with E-state index in [9.17, 15) is 4.79 Å². The van der Waals surface area contributed by atoms with Crippen molar-refractivity contribution in [3.8, 4) is 6.07 Å². The topological polar surface area (TPSA) is 44.1 Å². The predicted molar refractivity (Wildman–Crippen MR) is 66.6 cm³/mol. The first-order chi connectivity index (χ1) is 8.33. The zero-order chi connectivity index (χ0) is 12.1. The van der Waals surface area contributed by atoms with Gasteiger partial charge in [-0.05, 0) is 30.9 Å². The minimum absolute atomic E-state index is 0.220. The van der Waals surface area contributed by atoms with Gasteiger partial charge in [-0.1, -0.05) is 18.2 Å². The van der Waals surface area contributed by atoms with Crippen LogP contribution in [-0.2, 0) is 11.2 Å². The quantitative estimate of drug-likeness (QED) is 0.744. The highest BCUT2D eigenvalue weighted by Crippen LogP contribution is 2.26. The van der Waals surface area contributed by atoms with Crippen LogP contribution in [0.3, 0.4) is 0 Å². The maximum Gasteiger partial charge on any atom is 0.227 e. The number of para-hydroxylation sites is 1. The second-order valence-corrected chi connectivity index (χ2v) is 4.29. The molecule has 0 spiro atoms. The molecule has 0 radical (unpaired) electrons. The van der Waals surface area contributed by atoms with Crippen molar-refractivity contribution < 1.29 is 4.79 Å². The SMILES string of the molecule is N#CCCCc1ccccc1N1CCCC1=O. The van der Waals surface area contributed by atoms with Gasteiger partial charge in [0.25, 0.3) is 0 Å². The van der Waals surface area contributed by atoms with Crippen molar-refractivity contribution in [2.45, 2.75) is 32.1 Å². The average Bonchev–Trinajstić information content (AvgIpc) is 2.76. The molecule has 1 amide bonds. The summed E-state index contributed by atoms with van der Waals surface area (Å²) in [6, 6.07) is 10.2. The second-order valence-electron chi connectivity index (χ2n) is 4.29. The summed E-state index contributed by atoms with van der Waals surface area (Å²) in [4.78, 5) is 13.6. The summed E-state index contributed by atoms with van der Waals surface area (Å²) in [6.45, 7) is 0.827. The first-order valence-corrected chi connectivity index (χ1v) is 6.08. The van der Waals surface area contributed by atoms with Crippen molar-refractivity contribution in [2.75, 3.05) is 11.4 Å². The molecule has 1 fully saturated rings. The minimum atomic E-state index is 0.220. The molecule has 2 rings (SSSR count). The fraction of sp³-hybridized carbons (Fsp3) is 0.429. The normalized spacial score (nSPS) is 15.0. The molecule has 0 bridgehead atoms. The van der Waals surface area contributed by atoms with E-state index in [1.165, 1.54) is 5.56 Å². The number of hydrogen-bond acceptors (Lipinski definition) is 2. The fourth-order valence-electron chi connectivity index (χ4n) is 2.25.